The quantitative estimate of drug-likeness (QED) is 0.747. The van der Waals surface area contributed by atoms with Crippen LogP contribution in [0.4, 0.5) is 15.5 Å². The van der Waals surface area contributed by atoms with Gasteiger partial charge in [0.2, 0.25) is 0 Å². The van der Waals surface area contributed by atoms with Crippen molar-refractivity contribution in [2.45, 2.75) is 13.3 Å². The van der Waals surface area contributed by atoms with Gasteiger partial charge in [0, 0.05) is 36.4 Å². The number of hydrogen-bond acceptors (Lipinski definition) is 3. The first kappa shape index (κ1) is 13.3. The van der Waals surface area contributed by atoms with Crippen molar-refractivity contribution in [2.75, 3.05) is 16.8 Å². The van der Waals surface area contributed by atoms with Crippen molar-refractivity contribution in [3.05, 3.63) is 41.7 Å². The van der Waals surface area contributed by atoms with E-state index in [0.29, 0.717) is 0 Å². The van der Waals surface area contributed by atoms with Gasteiger partial charge in [-0.25, -0.2) is 4.79 Å². The number of carbonyl (C=O) groups is 1. The highest BCUT2D eigenvalue weighted by Gasteiger charge is 2.26. The summed E-state index contributed by atoms with van der Waals surface area (Å²) < 4.78 is 6.30. The molecule has 1 aliphatic heterocycles. The van der Waals surface area contributed by atoms with Crippen LogP contribution in [0.1, 0.15) is 11.3 Å². The Hall–Kier alpha value is -2.34. The lowest BCUT2D eigenvalue weighted by molar-refractivity contribution is 0.257. The van der Waals surface area contributed by atoms with E-state index >= 15 is 0 Å². The fourth-order valence-corrected chi connectivity index (χ4v) is 3.61. The van der Waals surface area contributed by atoms with Crippen molar-refractivity contribution in [2.24, 2.45) is 7.05 Å². The molecular formula is C16H16N4OS. The van der Waals surface area contributed by atoms with E-state index in [9.17, 15) is 4.79 Å². The molecule has 0 bridgehead atoms. The van der Waals surface area contributed by atoms with Crippen molar-refractivity contribution in [1.29, 1.82) is 0 Å². The second kappa shape index (κ2) is 4.84. The second-order valence-corrected chi connectivity index (χ2v) is 6.44. The predicted molar refractivity (Wildman–Crippen MR) is 89.8 cm³/mol. The van der Waals surface area contributed by atoms with Crippen LogP contribution in [0.25, 0.3) is 10.9 Å². The van der Waals surface area contributed by atoms with E-state index in [2.05, 4.69) is 32.5 Å². The summed E-state index contributed by atoms with van der Waals surface area (Å²) >= 11 is 1.31. The largest absolute Gasteiger partial charge is 0.351 e. The summed E-state index contributed by atoms with van der Waals surface area (Å²) in [5.41, 5.74) is 4.37. The fraction of sp³-hybridized carbons (Fsp3) is 0.250. The number of anilines is 2. The number of fused-ring (bicyclic) bond motifs is 2. The molecular weight excluding hydrogens is 296 g/mol. The minimum absolute atomic E-state index is 0.0855. The third-order valence-corrected chi connectivity index (χ3v) is 4.88. The summed E-state index contributed by atoms with van der Waals surface area (Å²) in [6.45, 7) is 2.64. The zero-order chi connectivity index (χ0) is 15.3. The molecule has 0 fully saturated rings. The SMILES string of the molecule is Cc1cc(NC(=O)N2CCc3cc4c(ccn4C)cc32)sn1. The van der Waals surface area contributed by atoms with Crippen LogP contribution in [0, 0.1) is 6.92 Å². The van der Waals surface area contributed by atoms with Crippen molar-refractivity contribution in [1.82, 2.24) is 8.94 Å². The zero-order valence-electron chi connectivity index (χ0n) is 12.5. The zero-order valence-corrected chi connectivity index (χ0v) is 13.3. The lowest BCUT2D eigenvalue weighted by Crippen LogP contribution is -2.33. The highest BCUT2D eigenvalue weighted by molar-refractivity contribution is 7.10. The van der Waals surface area contributed by atoms with Crippen LogP contribution < -0.4 is 10.2 Å². The van der Waals surface area contributed by atoms with Crippen molar-refractivity contribution in [3.63, 3.8) is 0 Å². The molecule has 2 aromatic heterocycles. The summed E-state index contributed by atoms with van der Waals surface area (Å²) in [7, 11) is 2.04. The first-order valence-electron chi connectivity index (χ1n) is 7.21. The lowest BCUT2D eigenvalue weighted by Gasteiger charge is -2.17. The Morgan fingerprint density at radius 2 is 2.23 bits per heavy atom. The summed E-state index contributed by atoms with van der Waals surface area (Å²) in [5.74, 6) is 0. The molecule has 1 N–H and O–H groups in total. The van der Waals surface area contributed by atoms with Crippen LogP contribution in [-0.4, -0.2) is 21.5 Å². The number of nitrogens with one attached hydrogen (secondary N) is 1. The van der Waals surface area contributed by atoms with Gasteiger partial charge >= 0.3 is 6.03 Å². The van der Waals surface area contributed by atoms with Gasteiger partial charge in [0.1, 0.15) is 5.00 Å². The smallest absolute Gasteiger partial charge is 0.326 e. The fourth-order valence-electron chi connectivity index (χ4n) is 2.96. The van der Waals surface area contributed by atoms with Gasteiger partial charge in [-0.05, 0) is 54.7 Å². The Balaban J connectivity index is 1.66. The topological polar surface area (TPSA) is 50.2 Å². The summed E-state index contributed by atoms with van der Waals surface area (Å²) in [4.78, 5) is 14.3. The molecule has 0 saturated carbocycles. The van der Waals surface area contributed by atoms with Gasteiger partial charge < -0.3 is 4.57 Å². The molecule has 1 aliphatic rings. The lowest BCUT2D eigenvalue weighted by atomic mass is 10.1. The first-order chi connectivity index (χ1) is 10.6. The standard InChI is InChI=1S/C16H16N4OS/c1-10-7-15(22-18-10)17-16(21)20-6-4-12-8-13-11(9-14(12)20)3-5-19(13)2/h3,5,7-9H,4,6H2,1-2H3,(H,17,21). The molecule has 2 amide bonds. The second-order valence-electron chi connectivity index (χ2n) is 5.63. The molecule has 6 heteroatoms. The Kier molecular flexibility index (Phi) is 2.94. The van der Waals surface area contributed by atoms with Gasteiger partial charge in [-0.3, -0.25) is 10.2 Å². The van der Waals surface area contributed by atoms with Crippen LogP contribution in [0.5, 0.6) is 0 Å². The molecule has 0 spiro atoms. The molecule has 0 saturated heterocycles. The van der Waals surface area contributed by atoms with Gasteiger partial charge in [-0.2, -0.15) is 4.37 Å². The average Bonchev–Trinajstić information content (AvgIpc) is 3.17. The monoisotopic (exact) mass is 312 g/mol. The number of urea groups is 1. The minimum atomic E-state index is -0.0855. The first-order valence-corrected chi connectivity index (χ1v) is 7.99. The Morgan fingerprint density at radius 1 is 1.36 bits per heavy atom. The maximum atomic E-state index is 12.5. The number of aromatic nitrogens is 2. The average molecular weight is 312 g/mol. The van der Waals surface area contributed by atoms with Crippen molar-refractivity contribution < 1.29 is 4.79 Å². The predicted octanol–water partition coefficient (Wildman–Crippen LogP) is 3.54. The molecule has 22 heavy (non-hydrogen) atoms. The number of amides is 2. The highest BCUT2D eigenvalue weighted by Crippen LogP contribution is 2.33. The molecule has 3 aromatic rings. The Morgan fingerprint density at radius 3 is 3.00 bits per heavy atom. The molecule has 0 atom stereocenters. The maximum Gasteiger partial charge on any atom is 0.326 e. The molecule has 0 unspecified atom stereocenters. The number of hydrogen-bond donors (Lipinski definition) is 1. The van der Waals surface area contributed by atoms with Crippen LogP contribution >= 0.6 is 11.5 Å². The summed E-state index contributed by atoms with van der Waals surface area (Å²) in [6.07, 6.45) is 2.94. The van der Waals surface area contributed by atoms with Gasteiger partial charge in [-0.15, -0.1) is 0 Å². The van der Waals surface area contributed by atoms with Gasteiger partial charge in [0.15, 0.2) is 0 Å². The van der Waals surface area contributed by atoms with E-state index in [-0.39, 0.29) is 6.03 Å². The van der Waals surface area contributed by atoms with Gasteiger partial charge in [0.05, 0.1) is 5.69 Å². The highest BCUT2D eigenvalue weighted by atomic mass is 32.1. The summed E-state index contributed by atoms with van der Waals surface area (Å²) in [5, 5.41) is 4.89. The number of nitrogens with zero attached hydrogens (tertiary/aromatic N) is 3. The number of aryl methyl sites for hydroxylation is 2. The van der Waals surface area contributed by atoms with E-state index in [1.807, 2.05) is 31.1 Å². The number of benzene rings is 1. The Labute approximate surface area is 132 Å². The van der Waals surface area contributed by atoms with Gasteiger partial charge in [0.25, 0.3) is 0 Å². The van der Waals surface area contributed by atoms with Crippen LogP contribution in [0.3, 0.4) is 0 Å². The van der Waals surface area contributed by atoms with E-state index < -0.39 is 0 Å². The number of carbonyl (C=O) groups excluding carboxylic acids is 1. The third-order valence-electron chi connectivity index (χ3n) is 4.08. The van der Waals surface area contributed by atoms with Crippen LogP contribution in [-0.2, 0) is 13.5 Å². The maximum absolute atomic E-state index is 12.5. The van der Waals surface area contributed by atoms with Crippen LogP contribution in [0.15, 0.2) is 30.5 Å². The summed E-state index contributed by atoms with van der Waals surface area (Å²) in [6, 6.07) is 8.18. The third kappa shape index (κ3) is 2.07. The van der Waals surface area contributed by atoms with E-state index in [0.717, 1.165) is 34.7 Å². The van der Waals surface area contributed by atoms with Gasteiger partial charge in [-0.1, -0.05) is 0 Å². The van der Waals surface area contributed by atoms with Crippen LogP contribution in [0.2, 0.25) is 0 Å². The minimum Gasteiger partial charge on any atom is -0.351 e. The number of rotatable bonds is 1. The molecule has 0 radical (unpaired) electrons. The van der Waals surface area contributed by atoms with E-state index in [1.165, 1.54) is 22.6 Å². The molecule has 5 nitrogen and oxygen atoms in total. The normalized spacial score (nSPS) is 13.6. The van der Waals surface area contributed by atoms with E-state index in [4.69, 9.17) is 0 Å². The van der Waals surface area contributed by atoms with Crippen molar-refractivity contribution >= 4 is 39.2 Å². The molecule has 0 aliphatic carbocycles. The van der Waals surface area contributed by atoms with E-state index in [1.54, 1.807) is 0 Å². The molecule has 112 valence electrons. The van der Waals surface area contributed by atoms with Crippen molar-refractivity contribution in [3.8, 4) is 0 Å². The Bertz CT molecular complexity index is 880. The molecule has 4 rings (SSSR count). The molecule has 3 heterocycles. The molecule has 1 aromatic carbocycles.